The number of benzene rings is 2. The first-order valence-electron chi connectivity index (χ1n) is 6.48. The topological polar surface area (TPSA) is 29.1 Å². The minimum absolute atomic E-state index is 0.00977. The Hall–Kier alpha value is -2.09. The van der Waals surface area contributed by atoms with Crippen LogP contribution in [-0.4, -0.2) is 5.91 Å². The lowest BCUT2D eigenvalue weighted by atomic mass is 10.0. The van der Waals surface area contributed by atoms with E-state index in [0.717, 1.165) is 22.3 Å². The van der Waals surface area contributed by atoms with E-state index in [2.05, 4.69) is 18.3 Å². The van der Waals surface area contributed by atoms with Crippen LogP contribution < -0.4 is 5.32 Å². The van der Waals surface area contributed by atoms with Gasteiger partial charge in [-0.05, 0) is 49.1 Å². The van der Waals surface area contributed by atoms with Crippen molar-refractivity contribution in [1.29, 1.82) is 0 Å². The smallest absolute Gasteiger partial charge is 0.251 e. The van der Waals surface area contributed by atoms with E-state index < -0.39 is 0 Å². The summed E-state index contributed by atoms with van der Waals surface area (Å²) in [5.41, 5.74) is 5.26. The van der Waals surface area contributed by atoms with Gasteiger partial charge < -0.3 is 5.32 Å². The van der Waals surface area contributed by atoms with Gasteiger partial charge in [0.1, 0.15) is 0 Å². The number of hydrogen-bond acceptors (Lipinski definition) is 1. The molecular formula is C17H19NO. The Labute approximate surface area is 114 Å². The van der Waals surface area contributed by atoms with Gasteiger partial charge in [-0.15, -0.1) is 0 Å². The predicted molar refractivity (Wildman–Crippen MR) is 78.3 cm³/mol. The van der Waals surface area contributed by atoms with Gasteiger partial charge >= 0.3 is 0 Å². The van der Waals surface area contributed by atoms with Crippen molar-refractivity contribution in [3.63, 3.8) is 0 Å². The molecule has 0 unspecified atom stereocenters. The van der Waals surface area contributed by atoms with Crippen LogP contribution >= 0.6 is 0 Å². The molecule has 2 nitrogen and oxygen atoms in total. The third-order valence-electron chi connectivity index (χ3n) is 3.38. The van der Waals surface area contributed by atoms with Gasteiger partial charge in [0.15, 0.2) is 0 Å². The van der Waals surface area contributed by atoms with Crippen LogP contribution in [-0.2, 0) is 6.54 Å². The third-order valence-corrected chi connectivity index (χ3v) is 3.38. The minimum Gasteiger partial charge on any atom is -0.348 e. The standard InChI is InChI=1S/C17H19NO/c1-12-9-14(3)16(10-13(12)2)17(19)18-11-15-7-5-4-6-8-15/h4-10H,11H2,1-3H3,(H,18,19). The highest BCUT2D eigenvalue weighted by atomic mass is 16.1. The van der Waals surface area contributed by atoms with Crippen LogP contribution in [0.2, 0.25) is 0 Å². The van der Waals surface area contributed by atoms with E-state index in [1.165, 1.54) is 5.56 Å². The van der Waals surface area contributed by atoms with Crippen LogP contribution in [0.25, 0.3) is 0 Å². The Kier molecular flexibility index (Phi) is 4.00. The lowest BCUT2D eigenvalue weighted by Crippen LogP contribution is -2.23. The van der Waals surface area contributed by atoms with E-state index in [0.29, 0.717) is 6.54 Å². The van der Waals surface area contributed by atoms with E-state index in [9.17, 15) is 4.79 Å². The van der Waals surface area contributed by atoms with Crippen molar-refractivity contribution >= 4 is 5.91 Å². The number of hydrogen-bond donors (Lipinski definition) is 1. The van der Waals surface area contributed by atoms with Crippen molar-refractivity contribution < 1.29 is 4.79 Å². The largest absolute Gasteiger partial charge is 0.348 e. The molecule has 1 N–H and O–H groups in total. The van der Waals surface area contributed by atoms with Gasteiger partial charge in [-0.1, -0.05) is 36.4 Å². The average Bonchev–Trinajstić information content (AvgIpc) is 2.41. The summed E-state index contributed by atoms with van der Waals surface area (Å²) >= 11 is 0. The quantitative estimate of drug-likeness (QED) is 0.890. The van der Waals surface area contributed by atoms with Crippen molar-refractivity contribution in [1.82, 2.24) is 5.32 Å². The molecule has 0 saturated heterocycles. The molecule has 0 spiro atoms. The van der Waals surface area contributed by atoms with Crippen LogP contribution in [0.5, 0.6) is 0 Å². The van der Waals surface area contributed by atoms with Crippen LogP contribution in [0.15, 0.2) is 42.5 Å². The van der Waals surface area contributed by atoms with Gasteiger partial charge in [-0.25, -0.2) is 0 Å². The molecule has 2 rings (SSSR count). The zero-order valence-corrected chi connectivity index (χ0v) is 11.7. The van der Waals surface area contributed by atoms with Crippen LogP contribution in [0, 0.1) is 20.8 Å². The normalized spacial score (nSPS) is 10.3. The number of carbonyl (C=O) groups excluding carboxylic acids is 1. The first kappa shape index (κ1) is 13.3. The number of rotatable bonds is 3. The average molecular weight is 253 g/mol. The summed E-state index contributed by atoms with van der Waals surface area (Å²) in [6.45, 7) is 6.63. The summed E-state index contributed by atoms with van der Waals surface area (Å²) in [6.07, 6.45) is 0. The number of amides is 1. The monoisotopic (exact) mass is 253 g/mol. The van der Waals surface area contributed by atoms with E-state index >= 15 is 0 Å². The number of carbonyl (C=O) groups is 1. The molecule has 0 aliphatic heterocycles. The van der Waals surface area contributed by atoms with Gasteiger partial charge in [-0.3, -0.25) is 4.79 Å². The van der Waals surface area contributed by atoms with E-state index in [-0.39, 0.29) is 5.91 Å². The highest BCUT2D eigenvalue weighted by molar-refractivity contribution is 5.95. The van der Waals surface area contributed by atoms with Gasteiger partial charge in [0.2, 0.25) is 0 Å². The maximum absolute atomic E-state index is 12.2. The van der Waals surface area contributed by atoms with Crippen molar-refractivity contribution in [3.05, 3.63) is 70.3 Å². The predicted octanol–water partition coefficient (Wildman–Crippen LogP) is 3.54. The van der Waals surface area contributed by atoms with Crippen molar-refractivity contribution in [2.24, 2.45) is 0 Å². The Morgan fingerprint density at radius 2 is 1.58 bits per heavy atom. The molecule has 0 bridgehead atoms. The number of aryl methyl sites for hydroxylation is 3. The fourth-order valence-corrected chi connectivity index (χ4v) is 2.08. The second-order valence-corrected chi connectivity index (χ2v) is 4.92. The summed E-state index contributed by atoms with van der Waals surface area (Å²) in [5, 5.41) is 2.96. The lowest BCUT2D eigenvalue weighted by molar-refractivity contribution is 0.0950. The molecule has 0 fully saturated rings. The molecule has 2 heteroatoms. The maximum Gasteiger partial charge on any atom is 0.251 e. The van der Waals surface area contributed by atoms with Crippen LogP contribution in [0.3, 0.4) is 0 Å². The molecule has 0 saturated carbocycles. The first-order chi connectivity index (χ1) is 9.08. The van der Waals surface area contributed by atoms with Crippen LogP contribution in [0.4, 0.5) is 0 Å². The van der Waals surface area contributed by atoms with Crippen molar-refractivity contribution in [2.75, 3.05) is 0 Å². The minimum atomic E-state index is -0.00977. The molecule has 0 aliphatic carbocycles. The fraction of sp³-hybridized carbons (Fsp3) is 0.235. The molecule has 2 aromatic carbocycles. The van der Waals surface area contributed by atoms with Gasteiger partial charge in [0.05, 0.1) is 0 Å². The van der Waals surface area contributed by atoms with E-state index in [1.807, 2.05) is 50.2 Å². The third kappa shape index (κ3) is 3.22. The molecule has 0 atom stereocenters. The SMILES string of the molecule is Cc1cc(C)c(C(=O)NCc2ccccc2)cc1C. The zero-order chi connectivity index (χ0) is 13.8. The van der Waals surface area contributed by atoms with Gasteiger partial charge in [-0.2, -0.15) is 0 Å². The first-order valence-corrected chi connectivity index (χ1v) is 6.48. The summed E-state index contributed by atoms with van der Waals surface area (Å²) in [4.78, 5) is 12.2. The Morgan fingerprint density at radius 1 is 0.947 bits per heavy atom. The lowest BCUT2D eigenvalue weighted by Gasteiger charge is -2.10. The van der Waals surface area contributed by atoms with Crippen molar-refractivity contribution in [3.8, 4) is 0 Å². The molecule has 19 heavy (non-hydrogen) atoms. The molecule has 98 valence electrons. The van der Waals surface area contributed by atoms with E-state index in [4.69, 9.17) is 0 Å². The maximum atomic E-state index is 12.2. The Bertz CT molecular complexity index is 588. The fourth-order valence-electron chi connectivity index (χ4n) is 2.08. The van der Waals surface area contributed by atoms with Gasteiger partial charge in [0, 0.05) is 12.1 Å². The molecule has 0 aromatic heterocycles. The summed E-state index contributed by atoms with van der Waals surface area (Å²) in [6, 6.07) is 14.0. The molecule has 1 amide bonds. The molecule has 0 aliphatic rings. The Morgan fingerprint density at radius 3 is 2.26 bits per heavy atom. The molecule has 2 aromatic rings. The highest BCUT2D eigenvalue weighted by Gasteiger charge is 2.10. The highest BCUT2D eigenvalue weighted by Crippen LogP contribution is 2.15. The Balaban J connectivity index is 2.10. The second kappa shape index (κ2) is 5.70. The summed E-state index contributed by atoms with van der Waals surface area (Å²) < 4.78 is 0. The van der Waals surface area contributed by atoms with Gasteiger partial charge in [0.25, 0.3) is 5.91 Å². The summed E-state index contributed by atoms with van der Waals surface area (Å²) in [7, 11) is 0. The molecule has 0 radical (unpaired) electrons. The second-order valence-electron chi connectivity index (χ2n) is 4.92. The molecule has 0 heterocycles. The van der Waals surface area contributed by atoms with E-state index in [1.54, 1.807) is 0 Å². The summed E-state index contributed by atoms with van der Waals surface area (Å²) in [5.74, 6) is -0.00977. The van der Waals surface area contributed by atoms with Crippen LogP contribution in [0.1, 0.15) is 32.6 Å². The van der Waals surface area contributed by atoms with Crippen molar-refractivity contribution in [2.45, 2.75) is 27.3 Å². The molecular weight excluding hydrogens is 234 g/mol. The zero-order valence-electron chi connectivity index (χ0n) is 11.7. The number of nitrogens with one attached hydrogen (secondary N) is 1.